The summed E-state index contributed by atoms with van der Waals surface area (Å²) >= 11 is 1.89. The van der Waals surface area contributed by atoms with Gasteiger partial charge in [0.05, 0.1) is 5.75 Å². The van der Waals surface area contributed by atoms with Gasteiger partial charge in [0, 0.05) is 19.9 Å². The van der Waals surface area contributed by atoms with Crippen molar-refractivity contribution >= 4 is 22.7 Å². The number of likely N-dealkylation sites (tertiary alicyclic amines) is 1. The lowest BCUT2D eigenvalue weighted by Gasteiger charge is -2.12. The van der Waals surface area contributed by atoms with Gasteiger partial charge in [-0.15, -0.1) is 0 Å². The second-order valence-corrected chi connectivity index (χ2v) is 4.82. The largest absolute Gasteiger partial charge is 0.287 e. The van der Waals surface area contributed by atoms with E-state index in [0.717, 1.165) is 32.6 Å². The number of rotatable bonds is 2. The van der Waals surface area contributed by atoms with Crippen molar-refractivity contribution in [3.63, 3.8) is 0 Å². The van der Waals surface area contributed by atoms with Gasteiger partial charge in [-0.05, 0) is 6.42 Å². The number of thioether (sulfide) groups is 1. The number of hydrogen-bond donors (Lipinski definition) is 0. The first-order valence-electron chi connectivity index (χ1n) is 4.76. The number of carbonyl (C=O) groups is 1. The molecular weight excluding hydrogens is 184 g/mol. The molecule has 0 atom stereocenters. The molecule has 0 N–H and O–H groups in total. The maximum Gasteiger partial charge on any atom is 0.227 e. The Morgan fingerprint density at radius 1 is 1.62 bits per heavy atom. The monoisotopic (exact) mass is 199 g/mol. The number of carbonyl (C=O) groups excluding carboxylic acids is 1. The Kier molecular flexibility index (Phi) is 2.58. The second kappa shape index (κ2) is 3.70. The van der Waals surface area contributed by atoms with E-state index in [-0.39, 0.29) is 0 Å². The molecule has 2 heterocycles. The molecule has 0 unspecified atom stereocenters. The lowest BCUT2D eigenvalue weighted by atomic mass is 10.4. The summed E-state index contributed by atoms with van der Waals surface area (Å²) in [6, 6.07) is 0. The maximum atomic E-state index is 11.4. The van der Waals surface area contributed by atoms with Gasteiger partial charge in [0.15, 0.2) is 6.54 Å². The Bertz CT molecular complexity index is 262. The minimum absolute atomic E-state index is 0.324. The molecule has 72 valence electrons. The first-order valence-corrected chi connectivity index (χ1v) is 5.75. The fourth-order valence-electron chi connectivity index (χ4n) is 1.78. The Hall–Kier alpha value is -0.510. The average Bonchev–Trinajstić information content (AvgIpc) is 2.65. The predicted molar refractivity (Wildman–Crippen MR) is 54.1 cm³/mol. The number of amides is 1. The summed E-state index contributed by atoms with van der Waals surface area (Å²) in [6.45, 7) is 5.00. The van der Waals surface area contributed by atoms with E-state index in [0.29, 0.717) is 5.91 Å². The lowest BCUT2D eigenvalue weighted by Crippen LogP contribution is -2.34. The van der Waals surface area contributed by atoms with Crippen molar-refractivity contribution in [1.29, 1.82) is 0 Å². The van der Waals surface area contributed by atoms with Gasteiger partial charge in [-0.3, -0.25) is 9.69 Å². The van der Waals surface area contributed by atoms with Crippen LogP contribution in [0.15, 0.2) is 0 Å². The van der Waals surface area contributed by atoms with E-state index in [9.17, 15) is 4.79 Å². The molecule has 4 heteroatoms. The van der Waals surface area contributed by atoms with Crippen molar-refractivity contribution in [3.8, 4) is 0 Å². The summed E-state index contributed by atoms with van der Waals surface area (Å²) in [5.74, 6) is 1.50. The quantitative estimate of drug-likeness (QED) is 0.612. The molecule has 2 aliphatic rings. The lowest BCUT2D eigenvalue weighted by molar-refractivity contribution is -0.535. The van der Waals surface area contributed by atoms with Crippen LogP contribution in [0.1, 0.15) is 19.8 Å². The highest BCUT2D eigenvalue weighted by Crippen LogP contribution is 2.14. The van der Waals surface area contributed by atoms with E-state index in [1.807, 2.05) is 16.7 Å². The summed E-state index contributed by atoms with van der Waals surface area (Å²) in [5.41, 5.74) is 0. The molecule has 0 bridgehead atoms. The van der Waals surface area contributed by atoms with E-state index >= 15 is 0 Å². The van der Waals surface area contributed by atoms with Gasteiger partial charge in [0.2, 0.25) is 17.6 Å². The van der Waals surface area contributed by atoms with Crippen LogP contribution in [0.2, 0.25) is 0 Å². The first-order chi connectivity index (χ1) is 6.27. The Labute approximate surface area is 82.8 Å². The van der Waals surface area contributed by atoms with E-state index in [2.05, 4.69) is 11.5 Å². The fourth-order valence-corrected chi connectivity index (χ4v) is 2.72. The molecule has 0 aromatic carbocycles. The Morgan fingerprint density at radius 3 is 3.00 bits per heavy atom. The van der Waals surface area contributed by atoms with Crippen LogP contribution in [0.4, 0.5) is 0 Å². The molecule has 0 spiro atoms. The normalized spacial score (nSPS) is 23.5. The molecule has 13 heavy (non-hydrogen) atoms. The highest BCUT2D eigenvalue weighted by atomic mass is 32.2. The molecular formula is C9H15N2OS+. The van der Waals surface area contributed by atoms with Gasteiger partial charge in [-0.1, -0.05) is 11.8 Å². The van der Waals surface area contributed by atoms with E-state index in [1.54, 1.807) is 0 Å². The third-order valence-corrected chi connectivity index (χ3v) is 3.69. The molecule has 3 nitrogen and oxygen atoms in total. The smallest absolute Gasteiger partial charge is 0.227 e. The summed E-state index contributed by atoms with van der Waals surface area (Å²) in [4.78, 5) is 13.3. The van der Waals surface area contributed by atoms with Gasteiger partial charge < -0.3 is 0 Å². The topological polar surface area (TPSA) is 23.3 Å². The SMILES string of the molecule is CC1=[N+](CN2CCCC2=O)CCS1. The molecule has 0 saturated carbocycles. The van der Waals surface area contributed by atoms with Crippen LogP contribution in [0.3, 0.4) is 0 Å². The maximum absolute atomic E-state index is 11.4. The summed E-state index contributed by atoms with van der Waals surface area (Å²) < 4.78 is 2.30. The van der Waals surface area contributed by atoms with Crippen molar-refractivity contribution in [2.24, 2.45) is 0 Å². The summed E-state index contributed by atoms with van der Waals surface area (Å²) in [6.07, 6.45) is 1.79. The van der Waals surface area contributed by atoms with Crippen molar-refractivity contribution in [1.82, 2.24) is 4.90 Å². The Morgan fingerprint density at radius 2 is 2.46 bits per heavy atom. The molecule has 1 saturated heterocycles. The minimum Gasteiger partial charge on any atom is -0.287 e. The van der Waals surface area contributed by atoms with Crippen LogP contribution in [0, 0.1) is 0 Å². The first kappa shape index (κ1) is 9.06. The molecule has 0 aromatic rings. The third kappa shape index (κ3) is 1.88. The second-order valence-electron chi connectivity index (χ2n) is 3.53. The minimum atomic E-state index is 0.324. The standard InChI is InChI=1S/C9H15N2OS/c1-8-10(5-6-13-8)7-11-4-2-3-9(11)12/h2-7H2,1H3/q+1. The number of nitrogens with zero attached hydrogens (tertiary/aromatic N) is 2. The van der Waals surface area contributed by atoms with Crippen LogP contribution >= 0.6 is 11.8 Å². The highest BCUT2D eigenvalue weighted by Gasteiger charge is 2.27. The summed E-state index contributed by atoms with van der Waals surface area (Å²) in [5, 5.41) is 1.36. The fraction of sp³-hybridized carbons (Fsp3) is 0.778. The van der Waals surface area contributed by atoms with E-state index in [1.165, 1.54) is 10.8 Å². The van der Waals surface area contributed by atoms with Gasteiger partial charge in [-0.2, -0.15) is 0 Å². The van der Waals surface area contributed by atoms with Gasteiger partial charge in [-0.25, -0.2) is 4.58 Å². The van der Waals surface area contributed by atoms with Crippen molar-refractivity contribution in [2.75, 3.05) is 25.5 Å². The zero-order valence-electron chi connectivity index (χ0n) is 7.95. The third-order valence-electron chi connectivity index (χ3n) is 2.63. The zero-order valence-corrected chi connectivity index (χ0v) is 8.77. The van der Waals surface area contributed by atoms with Crippen LogP contribution < -0.4 is 0 Å². The number of hydrogen-bond acceptors (Lipinski definition) is 2. The van der Waals surface area contributed by atoms with E-state index in [4.69, 9.17) is 0 Å². The van der Waals surface area contributed by atoms with Crippen LogP contribution in [0.5, 0.6) is 0 Å². The predicted octanol–water partition coefficient (Wildman–Crippen LogP) is 0.744. The molecule has 2 aliphatic heterocycles. The zero-order chi connectivity index (χ0) is 9.26. The highest BCUT2D eigenvalue weighted by molar-refractivity contribution is 8.13. The molecule has 0 aliphatic carbocycles. The van der Waals surface area contributed by atoms with Gasteiger partial charge >= 0.3 is 0 Å². The van der Waals surface area contributed by atoms with E-state index < -0.39 is 0 Å². The van der Waals surface area contributed by atoms with Gasteiger partial charge in [0.1, 0.15) is 0 Å². The summed E-state index contributed by atoms with van der Waals surface area (Å²) in [7, 11) is 0. The van der Waals surface area contributed by atoms with Crippen molar-refractivity contribution in [2.45, 2.75) is 19.8 Å². The van der Waals surface area contributed by atoms with Crippen LogP contribution in [0.25, 0.3) is 0 Å². The van der Waals surface area contributed by atoms with Crippen LogP contribution in [-0.2, 0) is 4.79 Å². The average molecular weight is 199 g/mol. The molecule has 1 fully saturated rings. The molecule has 0 aromatic heterocycles. The molecule has 0 radical (unpaired) electrons. The van der Waals surface area contributed by atoms with Crippen LogP contribution in [-0.4, -0.2) is 45.9 Å². The molecule has 1 amide bonds. The molecule has 2 rings (SSSR count). The van der Waals surface area contributed by atoms with Gasteiger partial charge in [0.25, 0.3) is 0 Å². The van der Waals surface area contributed by atoms with Crippen molar-refractivity contribution < 1.29 is 9.37 Å². The van der Waals surface area contributed by atoms with Crippen molar-refractivity contribution in [3.05, 3.63) is 0 Å². The Balaban J connectivity index is 1.97.